The zero-order chi connectivity index (χ0) is 10.8. The molecule has 0 spiro atoms. The summed E-state index contributed by atoms with van der Waals surface area (Å²) in [7, 11) is 0. The van der Waals surface area contributed by atoms with E-state index in [1.807, 2.05) is 12.1 Å². The quantitative estimate of drug-likeness (QED) is 0.761. The smallest absolute Gasteiger partial charge is 0.147 e. The summed E-state index contributed by atoms with van der Waals surface area (Å²) in [6.45, 7) is 0. The van der Waals surface area contributed by atoms with Gasteiger partial charge >= 0.3 is 0 Å². The van der Waals surface area contributed by atoms with E-state index in [2.05, 4.69) is 21.1 Å². The average molecular weight is 307 g/mol. The topological polar surface area (TPSA) is 26.0 Å². The van der Waals surface area contributed by atoms with Crippen LogP contribution in [0.15, 0.2) is 28.8 Å². The van der Waals surface area contributed by atoms with Gasteiger partial charge in [-0.15, -0.1) is 0 Å². The molecule has 0 aliphatic carbocycles. The summed E-state index contributed by atoms with van der Waals surface area (Å²) >= 11 is 15.1. The van der Waals surface area contributed by atoms with E-state index in [1.165, 1.54) is 0 Å². The highest BCUT2D eigenvalue weighted by Gasteiger charge is 2.09. The normalized spacial score (nSPS) is 10.6. The molecule has 0 fully saturated rings. The Labute approximate surface area is 105 Å². The van der Waals surface area contributed by atoms with Crippen LogP contribution >= 0.6 is 39.1 Å². The molecule has 78 valence electrons. The molecule has 1 heterocycles. The van der Waals surface area contributed by atoms with Gasteiger partial charge in [0.15, 0.2) is 0 Å². The van der Waals surface area contributed by atoms with Gasteiger partial charge in [0.25, 0.3) is 0 Å². The summed E-state index contributed by atoms with van der Waals surface area (Å²) in [5.41, 5.74) is 1.53. The van der Waals surface area contributed by atoms with E-state index in [-0.39, 0.29) is 0 Å². The van der Waals surface area contributed by atoms with Crippen molar-refractivity contribution >= 4 is 39.1 Å². The van der Waals surface area contributed by atoms with Crippen molar-refractivity contribution in [3.05, 3.63) is 40.1 Å². The van der Waals surface area contributed by atoms with E-state index < -0.39 is 0 Å². The monoisotopic (exact) mass is 305 g/mol. The lowest BCUT2D eigenvalue weighted by Crippen LogP contribution is -1.78. The molecule has 2 aromatic rings. The first-order valence-corrected chi connectivity index (χ1v) is 6.05. The van der Waals surface area contributed by atoms with Crippen LogP contribution in [-0.2, 0) is 5.33 Å². The molecule has 0 bridgehead atoms. The number of rotatable bonds is 2. The second-order valence-corrected chi connectivity index (χ2v) is 4.34. The molecule has 0 atom stereocenters. The van der Waals surface area contributed by atoms with Gasteiger partial charge in [0.2, 0.25) is 0 Å². The van der Waals surface area contributed by atoms with E-state index in [0.29, 0.717) is 21.1 Å². The maximum absolute atomic E-state index is 6.04. The van der Waals surface area contributed by atoms with Crippen LogP contribution in [0, 0.1) is 0 Å². The minimum Gasteiger partial charge on any atom is -0.360 e. The third-order valence-corrected chi connectivity index (χ3v) is 3.00. The van der Waals surface area contributed by atoms with Gasteiger partial charge in [0.05, 0.1) is 10.4 Å². The number of hydrogen-bond donors (Lipinski definition) is 0. The molecule has 1 aromatic heterocycles. The van der Waals surface area contributed by atoms with E-state index in [0.717, 1.165) is 11.3 Å². The van der Waals surface area contributed by atoms with Crippen molar-refractivity contribution in [2.24, 2.45) is 0 Å². The van der Waals surface area contributed by atoms with Crippen LogP contribution in [0.25, 0.3) is 11.3 Å². The molecule has 2 rings (SSSR count). The molecule has 5 heteroatoms. The Balaban J connectivity index is 2.44. The number of halogens is 3. The molecule has 0 amide bonds. The summed E-state index contributed by atoms with van der Waals surface area (Å²) in [5, 5.41) is 5.72. The predicted molar refractivity (Wildman–Crippen MR) is 64.6 cm³/mol. The Morgan fingerprint density at radius 2 is 2.07 bits per heavy atom. The Hall–Kier alpha value is -0.510. The fraction of sp³-hybridized carbons (Fsp3) is 0.100. The predicted octanol–water partition coefficient (Wildman–Crippen LogP) is 4.54. The van der Waals surface area contributed by atoms with Crippen molar-refractivity contribution in [2.75, 3.05) is 0 Å². The number of hydrogen-bond acceptors (Lipinski definition) is 2. The number of alkyl halides is 1. The van der Waals surface area contributed by atoms with Gasteiger partial charge in [-0.3, -0.25) is 0 Å². The molecule has 0 aliphatic heterocycles. The highest BCUT2D eigenvalue weighted by Crippen LogP contribution is 2.30. The van der Waals surface area contributed by atoms with Crippen LogP contribution < -0.4 is 0 Å². The fourth-order valence-electron chi connectivity index (χ4n) is 1.20. The van der Waals surface area contributed by atoms with E-state index in [9.17, 15) is 0 Å². The summed E-state index contributed by atoms with van der Waals surface area (Å²) in [4.78, 5) is 0. The molecule has 1 aromatic carbocycles. The third kappa shape index (κ3) is 2.36. The van der Waals surface area contributed by atoms with Gasteiger partial charge in [0, 0.05) is 16.7 Å². The van der Waals surface area contributed by atoms with Gasteiger partial charge in [0.1, 0.15) is 11.5 Å². The van der Waals surface area contributed by atoms with Gasteiger partial charge in [-0.25, -0.2) is 0 Å². The molecule has 2 nitrogen and oxygen atoms in total. The fourth-order valence-corrected chi connectivity index (χ4v) is 1.97. The molecule has 0 unspecified atom stereocenters. The average Bonchev–Trinajstić information content (AvgIpc) is 2.66. The Bertz CT molecular complexity index is 484. The van der Waals surface area contributed by atoms with Crippen LogP contribution in [0.5, 0.6) is 0 Å². The molecule has 0 saturated heterocycles. The van der Waals surface area contributed by atoms with Crippen molar-refractivity contribution < 1.29 is 4.52 Å². The maximum atomic E-state index is 6.04. The third-order valence-electron chi connectivity index (χ3n) is 1.90. The SMILES string of the molecule is Clc1ccc(-c2cc(CBr)on2)c(Cl)c1. The maximum Gasteiger partial charge on any atom is 0.147 e. The highest BCUT2D eigenvalue weighted by atomic mass is 79.9. The van der Waals surface area contributed by atoms with Crippen LogP contribution in [0.1, 0.15) is 5.76 Å². The lowest BCUT2D eigenvalue weighted by Gasteiger charge is -1.99. The summed E-state index contributed by atoms with van der Waals surface area (Å²) in [6.07, 6.45) is 0. The van der Waals surface area contributed by atoms with Gasteiger partial charge < -0.3 is 4.52 Å². The minimum atomic E-state index is 0.567. The van der Waals surface area contributed by atoms with Crippen LogP contribution in [0.2, 0.25) is 10.0 Å². The summed E-state index contributed by atoms with van der Waals surface area (Å²) in [6, 6.07) is 7.11. The summed E-state index contributed by atoms with van der Waals surface area (Å²) in [5.74, 6) is 0.760. The van der Waals surface area contributed by atoms with Gasteiger partial charge in [-0.05, 0) is 18.2 Å². The van der Waals surface area contributed by atoms with E-state index in [4.69, 9.17) is 27.7 Å². The Morgan fingerprint density at radius 1 is 1.27 bits per heavy atom. The lowest BCUT2D eigenvalue weighted by atomic mass is 10.1. The van der Waals surface area contributed by atoms with Crippen LogP contribution in [-0.4, -0.2) is 5.16 Å². The molecule has 0 N–H and O–H groups in total. The standard InChI is InChI=1S/C10H6BrCl2NO/c11-5-7-4-10(14-15-7)8-2-1-6(12)3-9(8)13/h1-4H,5H2. The largest absolute Gasteiger partial charge is 0.360 e. The Kier molecular flexibility index (Phi) is 3.34. The second kappa shape index (κ2) is 4.56. The molecule has 0 aliphatic rings. The highest BCUT2D eigenvalue weighted by molar-refractivity contribution is 9.08. The first kappa shape index (κ1) is 11.0. The first-order valence-electron chi connectivity index (χ1n) is 4.17. The van der Waals surface area contributed by atoms with Crippen molar-refractivity contribution in [2.45, 2.75) is 5.33 Å². The van der Waals surface area contributed by atoms with Crippen molar-refractivity contribution in [3.8, 4) is 11.3 Å². The zero-order valence-electron chi connectivity index (χ0n) is 7.51. The number of nitrogens with zero attached hydrogens (tertiary/aromatic N) is 1. The van der Waals surface area contributed by atoms with Crippen molar-refractivity contribution in [1.82, 2.24) is 5.16 Å². The lowest BCUT2D eigenvalue weighted by molar-refractivity contribution is 0.398. The minimum absolute atomic E-state index is 0.567. The van der Waals surface area contributed by atoms with Crippen LogP contribution in [0.4, 0.5) is 0 Å². The van der Waals surface area contributed by atoms with Gasteiger partial charge in [-0.2, -0.15) is 0 Å². The van der Waals surface area contributed by atoms with Gasteiger partial charge in [-0.1, -0.05) is 44.3 Å². The van der Waals surface area contributed by atoms with E-state index in [1.54, 1.807) is 12.1 Å². The molecule has 0 radical (unpaired) electrons. The Morgan fingerprint density at radius 3 is 2.67 bits per heavy atom. The summed E-state index contributed by atoms with van der Waals surface area (Å²) < 4.78 is 5.06. The molecule has 0 saturated carbocycles. The van der Waals surface area contributed by atoms with Crippen molar-refractivity contribution in [1.29, 1.82) is 0 Å². The second-order valence-electron chi connectivity index (χ2n) is 2.94. The number of benzene rings is 1. The molecular weight excluding hydrogens is 301 g/mol. The molecule has 15 heavy (non-hydrogen) atoms. The van der Waals surface area contributed by atoms with Crippen LogP contribution in [0.3, 0.4) is 0 Å². The number of aromatic nitrogens is 1. The molecular formula is C10H6BrCl2NO. The van der Waals surface area contributed by atoms with E-state index >= 15 is 0 Å². The van der Waals surface area contributed by atoms with Crippen molar-refractivity contribution in [3.63, 3.8) is 0 Å². The zero-order valence-corrected chi connectivity index (χ0v) is 10.6. The first-order chi connectivity index (χ1) is 7.20.